The number of likely N-dealkylation sites (N-methyl/N-ethyl adjacent to an activating group) is 1. The summed E-state index contributed by atoms with van der Waals surface area (Å²) in [6.45, 7) is 1.04. The molecule has 1 amide bonds. The average molecular weight is 365 g/mol. The zero-order valence-electron chi connectivity index (χ0n) is 15.9. The summed E-state index contributed by atoms with van der Waals surface area (Å²) in [5.41, 5.74) is 1.28. The van der Waals surface area contributed by atoms with Crippen molar-refractivity contribution in [2.75, 3.05) is 13.6 Å². The molecule has 0 atom stereocenters. The van der Waals surface area contributed by atoms with Gasteiger partial charge in [-0.15, -0.1) is 10.2 Å². The zero-order chi connectivity index (χ0) is 18.4. The van der Waals surface area contributed by atoms with Gasteiger partial charge in [-0.05, 0) is 66.9 Å². The highest BCUT2D eigenvalue weighted by atomic mass is 16.2. The summed E-state index contributed by atoms with van der Waals surface area (Å²) in [6.07, 6.45) is 8.25. The highest BCUT2D eigenvalue weighted by molar-refractivity contribution is 5.75. The number of amides is 1. The third-order valence-electron chi connectivity index (χ3n) is 6.92. The van der Waals surface area contributed by atoms with Gasteiger partial charge in [0.15, 0.2) is 0 Å². The molecule has 0 aliphatic heterocycles. The lowest BCUT2D eigenvalue weighted by atomic mass is 9.49. The number of carbonyl (C=O) groups excluding carboxylic acids is 1. The maximum Gasteiger partial charge on any atom is 0.246 e. The van der Waals surface area contributed by atoms with Gasteiger partial charge in [0.2, 0.25) is 11.7 Å². The topological polar surface area (TPSA) is 63.9 Å². The number of rotatable bonds is 5. The molecule has 0 radical (unpaired) electrons. The van der Waals surface area contributed by atoms with Gasteiger partial charge < -0.3 is 4.90 Å². The molecular formula is C21H27N5O. The molecule has 4 saturated carbocycles. The van der Waals surface area contributed by atoms with Gasteiger partial charge >= 0.3 is 0 Å². The quantitative estimate of drug-likeness (QED) is 0.817. The fraction of sp³-hybridized carbons (Fsp3) is 0.619. The monoisotopic (exact) mass is 365 g/mol. The maximum absolute atomic E-state index is 12.8. The van der Waals surface area contributed by atoms with Crippen LogP contribution in [0.5, 0.6) is 0 Å². The molecule has 0 spiro atoms. The van der Waals surface area contributed by atoms with Crippen LogP contribution < -0.4 is 0 Å². The first-order valence-corrected chi connectivity index (χ1v) is 10.2. The molecule has 1 heterocycles. The Morgan fingerprint density at radius 2 is 1.74 bits per heavy atom. The van der Waals surface area contributed by atoms with E-state index in [-0.39, 0.29) is 12.5 Å². The molecule has 0 saturated heterocycles. The van der Waals surface area contributed by atoms with E-state index in [1.54, 1.807) is 0 Å². The van der Waals surface area contributed by atoms with E-state index < -0.39 is 0 Å². The maximum atomic E-state index is 12.8. The van der Waals surface area contributed by atoms with Gasteiger partial charge in [0.1, 0.15) is 6.54 Å². The van der Waals surface area contributed by atoms with Crippen molar-refractivity contribution < 1.29 is 4.79 Å². The Morgan fingerprint density at radius 1 is 1.11 bits per heavy atom. The van der Waals surface area contributed by atoms with Gasteiger partial charge in [-0.2, -0.15) is 4.80 Å². The molecule has 6 nitrogen and oxygen atoms in total. The lowest BCUT2D eigenvalue weighted by molar-refractivity contribution is -0.136. The Hall–Kier alpha value is -2.24. The van der Waals surface area contributed by atoms with Crippen molar-refractivity contribution in [1.29, 1.82) is 0 Å². The van der Waals surface area contributed by atoms with Crippen molar-refractivity contribution in [2.24, 2.45) is 23.2 Å². The summed E-state index contributed by atoms with van der Waals surface area (Å²) in [4.78, 5) is 16.1. The van der Waals surface area contributed by atoms with Crippen LogP contribution in [0.15, 0.2) is 30.3 Å². The third kappa shape index (κ3) is 3.26. The van der Waals surface area contributed by atoms with Crippen molar-refractivity contribution in [3.8, 4) is 11.4 Å². The molecule has 2 aromatic rings. The van der Waals surface area contributed by atoms with Gasteiger partial charge in [0.05, 0.1) is 0 Å². The van der Waals surface area contributed by atoms with Crippen LogP contribution >= 0.6 is 0 Å². The Bertz CT molecular complexity index is 795. The summed E-state index contributed by atoms with van der Waals surface area (Å²) in [7, 11) is 1.94. The first kappa shape index (κ1) is 16.9. The first-order chi connectivity index (χ1) is 13.1. The summed E-state index contributed by atoms with van der Waals surface area (Å²) in [6, 6.07) is 9.74. The average Bonchev–Trinajstić information content (AvgIpc) is 3.09. The number of hydrogen-bond acceptors (Lipinski definition) is 4. The van der Waals surface area contributed by atoms with Crippen molar-refractivity contribution in [2.45, 2.75) is 45.1 Å². The van der Waals surface area contributed by atoms with E-state index in [0.717, 1.165) is 29.9 Å². The van der Waals surface area contributed by atoms with Gasteiger partial charge in [-0.25, -0.2) is 0 Å². The summed E-state index contributed by atoms with van der Waals surface area (Å²) >= 11 is 0. The molecule has 0 N–H and O–H groups in total. The Kier molecular flexibility index (Phi) is 4.02. The minimum absolute atomic E-state index is 0.0720. The Labute approximate surface area is 159 Å². The highest BCUT2D eigenvalue weighted by Crippen LogP contribution is 2.60. The number of benzene rings is 1. The molecule has 1 aromatic heterocycles. The molecule has 1 aromatic carbocycles. The number of aromatic nitrogens is 4. The molecule has 6 rings (SSSR count). The molecule has 4 aliphatic rings. The minimum Gasteiger partial charge on any atom is -0.344 e. The van der Waals surface area contributed by atoms with Crippen LogP contribution in [0.3, 0.4) is 0 Å². The van der Waals surface area contributed by atoms with E-state index in [9.17, 15) is 4.79 Å². The normalized spacial score (nSPS) is 31.2. The summed E-state index contributed by atoms with van der Waals surface area (Å²) < 4.78 is 0. The van der Waals surface area contributed by atoms with E-state index in [4.69, 9.17) is 0 Å². The minimum atomic E-state index is 0.0720. The van der Waals surface area contributed by atoms with E-state index in [1.807, 2.05) is 42.3 Å². The second-order valence-electron chi connectivity index (χ2n) is 9.18. The van der Waals surface area contributed by atoms with Crippen LogP contribution in [0.25, 0.3) is 11.4 Å². The van der Waals surface area contributed by atoms with Crippen LogP contribution in [0.4, 0.5) is 0 Å². The van der Waals surface area contributed by atoms with Crippen molar-refractivity contribution >= 4 is 5.91 Å². The Balaban J connectivity index is 1.23. The van der Waals surface area contributed by atoms with Crippen LogP contribution in [-0.4, -0.2) is 44.6 Å². The number of hydrogen-bond donors (Lipinski definition) is 0. The predicted octanol–water partition coefficient (Wildman–Crippen LogP) is 3.01. The predicted molar refractivity (Wildman–Crippen MR) is 101 cm³/mol. The number of carbonyl (C=O) groups is 1. The fourth-order valence-electron chi connectivity index (χ4n) is 6.33. The van der Waals surface area contributed by atoms with Crippen molar-refractivity contribution in [3.63, 3.8) is 0 Å². The van der Waals surface area contributed by atoms with Crippen molar-refractivity contribution in [1.82, 2.24) is 25.1 Å². The standard InChI is InChI=1S/C21H27N5O/c1-25(14-21-10-15-7-16(11-21)9-17(8-15)12-21)19(27)13-26-23-20(22-24-26)18-5-3-2-4-6-18/h2-6,15-17H,7-14H2,1H3. The molecule has 142 valence electrons. The molecule has 4 fully saturated rings. The van der Waals surface area contributed by atoms with Crippen LogP contribution in [0.2, 0.25) is 0 Å². The second kappa shape index (κ2) is 6.43. The lowest BCUT2D eigenvalue weighted by Gasteiger charge is -2.57. The van der Waals surface area contributed by atoms with Crippen LogP contribution in [-0.2, 0) is 11.3 Å². The van der Waals surface area contributed by atoms with Gasteiger partial charge in [0, 0.05) is 19.2 Å². The molecular weight excluding hydrogens is 338 g/mol. The fourth-order valence-corrected chi connectivity index (χ4v) is 6.33. The molecule has 27 heavy (non-hydrogen) atoms. The Morgan fingerprint density at radius 3 is 2.37 bits per heavy atom. The lowest BCUT2D eigenvalue weighted by Crippen LogP contribution is -2.51. The molecule has 6 heteroatoms. The third-order valence-corrected chi connectivity index (χ3v) is 6.92. The van der Waals surface area contributed by atoms with Gasteiger partial charge in [0.25, 0.3) is 0 Å². The summed E-state index contributed by atoms with van der Waals surface area (Å²) in [5.74, 6) is 3.36. The van der Waals surface area contributed by atoms with E-state index in [0.29, 0.717) is 11.2 Å². The highest BCUT2D eigenvalue weighted by Gasteiger charge is 2.51. The van der Waals surface area contributed by atoms with Crippen molar-refractivity contribution in [3.05, 3.63) is 30.3 Å². The SMILES string of the molecule is CN(CC12CC3CC(CC(C3)C1)C2)C(=O)Cn1nnc(-c2ccccc2)n1. The van der Waals surface area contributed by atoms with Gasteiger partial charge in [-0.3, -0.25) is 4.79 Å². The smallest absolute Gasteiger partial charge is 0.246 e. The largest absolute Gasteiger partial charge is 0.344 e. The van der Waals surface area contributed by atoms with E-state index in [2.05, 4.69) is 15.4 Å². The number of tetrazole rings is 1. The van der Waals surface area contributed by atoms with E-state index in [1.165, 1.54) is 43.3 Å². The second-order valence-corrected chi connectivity index (χ2v) is 9.18. The van der Waals surface area contributed by atoms with Gasteiger partial charge in [-0.1, -0.05) is 30.3 Å². The van der Waals surface area contributed by atoms with Crippen LogP contribution in [0, 0.1) is 23.2 Å². The zero-order valence-corrected chi connectivity index (χ0v) is 15.9. The van der Waals surface area contributed by atoms with E-state index >= 15 is 0 Å². The number of nitrogens with zero attached hydrogens (tertiary/aromatic N) is 5. The first-order valence-electron chi connectivity index (χ1n) is 10.2. The summed E-state index contributed by atoms with van der Waals surface area (Å²) in [5, 5.41) is 12.5. The molecule has 0 unspecified atom stereocenters. The van der Waals surface area contributed by atoms with Crippen LogP contribution in [0.1, 0.15) is 38.5 Å². The molecule has 4 bridgehead atoms. The molecule has 4 aliphatic carbocycles.